The van der Waals surface area contributed by atoms with Crippen molar-refractivity contribution in [2.24, 2.45) is 0 Å². The highest BCUT2D eigenvalue weighted by Crippen LogP contribution is 2.39. The first-order valence-electron chi connectivity index (χ1n) is 14.1. The van der Waals surface area contributed by atoms with Gasteiger partial charge in [0, 0.05) is 44.5 Å². The number of nitrogens with zero attached hydrogens (tertiary/aromatic N) is 7. The zero-order valence-electron chi connectivity index (χ0n) is 22.1. The third-order valence-electron chi connectivity index (χ3n) is 8.75. The predicted octanol–water partition coefficient (Wildman–Crippen LogP) is 3.80. The molecule has 3 heterocycles. The molecule has 3 aliphatic rings. The Labute approximate surface area is 224 Å². The fourth-order valence-electron chi connectivity index (χ4n) is 6.37. The van der Waals surface area contributed by atoms with Crippen molar-refractivity contribution in [3.8, 4) is 0 Å². The monoisotopic (exact) mass is 514 g/mol. The second kappa shape index (κ2) is 11.2. The Morgan fingerprint density at radius 1 is 0.868 bits per heavy atom. The summed E-state index contributed by atoms with van der Waals surface area (Å²) < 4.78 is 1.99. The first-order valence-corrected chi connectivity index (χ1v) is 14.1. The third-order valence-corrected chi connectivity index (χ3v) is 8.75. The third kappa shape index (κ3) is 5.17. The first-order chi connectivity index (χ1) is 18.7. The lowest BCUT2D eigenvalue weighted by Crippen LogP contribution is -2.57. The Kier molecular flexibility index (Phi) is 7.38. The summed E-state index contributed by atoms with van der Waals surface area (Å²) in [7, 11) is 0. The lowest BCUT2D eigenvalue weighted by atomic mass is 9.84. The molecule has 0 atom stereocenters. The second-order valence-electron chi connectivity index (χ2n) is 10.9. The summed E-state index contributed by atoms with van der Waals surface area (Å²) in [6.45, 7) is 6.26. The maximum absolute atomic E-state index is 13.1. The Bertz CT molecular complexity index is 1190. The van der Waals surface area contributed by atoms with Gasteiger partial charge in [0.1, 0.15) is 0 Å². The number of aromatic nitrogens is 4. The highest BCUT2D eigenvalue weighted by molar-refractivity contribution is 5.89. The molecule has 3 fully saturated rings. The number of likely N-dealkylation sites (tertiary alicyclic amines) is 1. The highest BCUT2D eigenvalue weighted by Gasteiger charge is 2.47. The van der Waals surface area contributed by atoms with Crippen LogP contribution in [0.3, 0.4) is 0 Å². The van der Waals surface area contributed by atoms with Crippen molar-refractivity contribution in [1.29, 1.82) is 0 Å². The maximum atomic E-state index is 13.1. The van der Waals surface area contributed by atoms with Crippen molar-refractivity contribution in [2.45, 2.75) is 56.7 Å². The van der Waals surface area contributed by atoms with Crippen LogP contribution in [0.5, 0.6) is 0 Å². The molecule has 38 heavy (non-hydrogen) atoms. The number of anilines is 1. The molecule has 1 aliphatic carbocycles. The molecule has 1 N–H and O–H groups in total. The van der Waals surface area contributed by atoms with E-state index in [0.29, 0.717) is 19.6 Å². The van der Waals surface area contributed by atoms with E-state index >= 15 is 0 Å². The number of nitrogens with one attached hydrogen (secondary N) is 1. The number of amides is 2. The predicted molar refractivity (Wildman–Crippen MR) is 147 cm³/mol. The number of rotatable bonds is 6. The van der Waals surface area contributed by atoms with E-state index in [-0.39, 0.29) is 11.6 Å². The van der Waals surface area contributed by atoms with E-state index in [4.69, 9.17) is 0 Å². The number of carbonyl (C=O) groups is 1. The van der Waals surface area contributed by atoms with Gasteiger partial charge in [0.25, 0.3) is 0 Å². The molecule has 9 heteroatoms. The topological polar surface area (TPSA) is 82.4 Å². The lowest BCUT2D eigenvalue weighted by molar-refractivity contribution is 0.0185. The minimum atomic E-state index is -0.294. The molecule has 6 rings (SSSR count). The van der Waals surface area contributed by atoms with Gasteiger partial charge in [0.2, 0.25) is 0 Å². The van der Waals surface area contributed by atoms with Crippen molar-refractivity contribution < 1.29 is 4.79 Å². The van der Waals surface area contributed by atoms with E-state index in [1.54, 1.807) is 0 Å². The molecule has 2 saturated heterocycles. The summed E-state index contributed by atoms with van der Waals surface area (Å²) in [6, 6.07) is 20.8. The normalized spacial score (nSPS) is 21.0. The number of carbonyl (C=O) groups excluding carboxylic acids is 1. The molecule has 1 aromatic heterocycles. The molecule has 2 aromatic carbocycles. The van der Waals surface area contributed by atoms with Crippen LogP contribution in [0.1, 0.15) is 49.9 Å². The summed E-state index contributed by atoms with van der Waals surface area (Å²) in [6.07, 6.45) is 6.82. The minimum Gasteiger partial charge on any atom is -0.324 e. The fourth-order valence-corrected chi connectivity index (χ4v) is 6.37. The molecule has 0 radical (unpaired) electrons. The number of benzene rings is 2. The van der Waals surface area contributed by atoms with Gasteiger partial charge in [-0.1, -0.05) is 55.0 Å². The molecule has 2 aliphatic heterocycles. The van der Waals surface area contributed by atoms with Gasteiger partial charge in [0.05, 0.1) is 12.1 Å². The van der Waals surface area contributed by atoms with Crippen LogP contribution in [0.2, 0.25) is 0 Å². The Morgan fingerprint density at radius 3 is 2.32 bits per heavy atom. The summed E-state index contributed by atoms with van der Waals surface area (Å²) in [4.78, 5) is 20.4. The van der Waals surface area contributed by atoms with E-state index in [1.165, 1.54) is 24.8 Å². The van der Waals surface area contributed by atoms with Crippen LogP contribution in [-0.2, 0) is 12.1 Å². The molecule has 0 bridgehead atoms. The van der Waals surface area contributed by atoms with Gasteiger partial charge < -0.3 is 10.2 Å². The van der Waals surface area contributed by atoms with Crippen LogP contribution in [-0.4, -0.2) is 86.2 Å². The molecule has 200 valence electrons. The number of para-hydroxylation sites is 1. The summed E-state index contributed by atoms with van der Waals surface area (Å²) in [5.74, 6) is 0.932. The van der Waals surface area contributed by atoms with Gasteiger partial charge in [-0.25, -0.2) is 9.48 Å². The summed E-state index contributed by atoms with van der Waals surface area (Å²) in [5, 5.41) is 16.3. The van der Waals surface area contributed by atoms with Gasteiger partial charge >= 0.3 is 6.03 Å². The van der Waals surface area contributed by atoms with Crippen molar-refractivity contribution in [3.05, 3.63) is 72.1 Å². The largest absolute Gasteiger partial charge is 0.324 e. The molecular weight excluding hydrogens is 476 g/mol. The number of piperidine rings is 1. The van der Waals surface area contributed by atoms with Crippen LogP contribution in [0.25, 0.3) is 0 Å². The maximum Gasteiger partial charge on any atom is 0.321 e. The van der Waals surface area contributed by atoms with Crippen molar-refractivity contribution in [2.75, 3.05) is 44.6 Å². The molecule has 9 nitrogen and oxygen atoms in total. The Morgan fingerprint density at radius 2 is 1.61 bits per heavy atom. The molecular formula is C29H38N8O. The van der Waals surface area contributed by atoms with Gasteiger partial charge in [0.15, 0.2) is 5.82 Å². The second-order valence-corrected chi connectivity index (χ2v) is 10.9. The number of hydrogen-bond acceptors (Lipinski definition) is 6. The van der Waals surface area contributed by atoms with Crippen molar-refractivity contribution in [1.82, 2.24) is 34.9 Å². The molecule has 3 aromatic rings. The van der Waals surface area contributed by atoms with Crippen molar-refractivity contribution >= 4 is 11.7 Å². The molecule has 0 unspecified atom stereocenters. The van der Waals surface area contributed by atoms with E-state index < -0.39 is 0 Å². The Hall–Kier alpha value is -3.30. The quantitative estimate of drug-likeness (QED) is 0.539. The first kappa shape index (κ1) is 25.0. The summed E-state index contributed by atoms with van der Waals surface area (Å²) in [5.41, 5.74) is 1.71. The molecule has 2 amide bonds. The average molecular weight is 515 g/mol. The summed E-state index contributed by atoms with van der Waals surface area (Å²) >= 11 is 0. The molecule has 0 spiro atoms. The standard InChI is InChI=1S/C29H38N8O/c38-28(30-25-11-5-2-6-12-25)35-19-15-29(16-20-35,36-18-8-17-34(21-22-36)26-13-7-14-26)27-31-32-33-37(27)23-24-9-3-1-4-10-24/h1-6,9-12,26H,7-8,13-23H2,(H,30,38). The van der Waals surface area contributed by atoms with Crippen molar-refractivity contribution in [3.63, 3.8) is 0 Å². The average Bonchev–Trinajstić information content (AvgIpc) is 3.25. The van der Waals surface area contributed by atoms with Crippen LogP contribution >= 0.6 is 0 Å². The Balaban J connectivity index is 1.24. The minimum absolute atomic E-state index is 0.0410. The van der Waals surface area contributed by atoms with E-state index in [9.17, 15) is 4.79 Å². The smallest absolute Gasteiger partial charge is 0.321 e. The van der Waals surface area contributed by atoms with E-state index in [2.05, 4.69) is 54.9 Å². The van der Waals surface area contributed by atoms with E-state index in [0.717, 1.165) is 63.0 Å². The van der Waals surface area contributed by atoms with Crippen LogP contribution in [0, 0.1) is 0 Å². The zero-order chi connectivity index (χ0) is 25.8. The van der Waals surface area contributed by atoms with E-state index in [1.807, 2.05) is 46.0 Å². The number of urea groups is 1. The van der Waals surface area contributed by atoms with Gasteiger partial charge in [-0.05, 0) is 66.8 Å². The SMILES string of the molecule is O=C(Nc1ccccc1)N1CCC(c2nnnn2Cc2ccccc2)(N2CCCN(C3CCC3)CC2)CC1. The van der Waals surface area contributed by atoms with Gasteiger partial charge in [-0.2, -0.15) is 0 Å². The van der Waals surface area contributed by atoms with Gasteiger partial charge in [-0.15, -0.1) is 5.10 Å². The molecule has 1 saturated carbocycles. The number of tetrazole rings is 1. The lowest BCUT2D eigenvalue weighted by Gasteiger charge is -2.47. The van der Waals surface area contributed by atoms with Crippen LogP contribution in [0.15, 0.2) is 60.7 Å². The fraction of sp³-hybridized carbons (Fsp3) is 0.517. The highest BCUT2D eigenvalue weighted by atomic mass is 16.2. The number of hydrogen-bond donors (Lipinski definition) is 1. The zero-order valence-corrected chi connectivity index (χ0v) is 22.1. The van der Waals surface area contributed by atoms with Gasteiger partial charge in [-0.3, -0.25) is 9.80 Å². The van der Waals surface area contributed by atoms with Crippen LogP contribution < -0.4 is 5.32 Å². The van der Waals surface area contributed by atoms with Crippen LogP contribution in [0.4, 0.5) is 10.5 Å².